The highest BCUT2D eigenvalue weighted by Gasteiger charge is 2.26. The van der Waals surface area contributed by atoms with Gasteiger partial charge in [0.05, 0.1) is 31.8 Å². The van der Waals surface area contributed by atoms with Gasteiger partial charge in [0.25, 0.3) is 0 Å². The van der Waals surface area contributed by atoms with E-state index in [2.05, 4.69) is 6.92 Å². The van der Waals surface area contributed by atoms with Crippen LogP contribution in [0, 0.1) is 5.41 Å². The summed E-state index contributed by atoms with van der Waals surface area (Å²) < 4.78 is 0. The predicted octanol–water partition coefficient (Wildman–Crippen LogP) is 1.06. The molecule has 20 heavy (non-hydrogen) atoms. The molecule has 0 spiro atoms. The number of rotatable bonds is 12. The van der Waals surface area contributed by atoms with Crippen molar-refractivity contribution >= 4 is 0 Å². The molecule has 5 nitrogen and oxygen atoms in total. The predicted molar refractivity (Wildman–Crippen MR) is 80.5 cm³/mol. The van der Waals surface area contributed by atoms with E-state index in [-0.39, 0.29) is 0 Å². The second kappa shape index (κ2) is 16.9. The smallest absolute Gasteiger partial charge is 0.0627 e. The molecule has 0 aliphatic carbocycles. The Kier molecular flexibility index (Phi) is 18.6. The van der Waals surface area contributed by atoms with Crippen molar-refractivity contribution in [2.75, 3.05) is 33.0 Å². The van der Waals surface area contributed by atoms with Crippen LogP contribution in [-0.4, -0.2) is 58.6 Å². The van der Waals surface area contributed by atoms with Crippen molar-refractivity contribution < 1.29 is 25.5 Å². The van der Waals surface area contributed by atoms with Gasteiger partial charge >= 0.3 is 0 Å². The molecule has 0 aromatic heterocycles. The molecule has 124 valence electrons. The Bertz CT molecular complexity index is 146. The van der Waals surface area contributed by atoms with Gasteiger partial charge in [-0.3, -0.25) is 0 Å². The van der Waals surface area contributed by atoms with Gasteiger partial charge < -0.3 is 25.5 Å². The lowest BCUT2D eigenvalue weighted by Crippen LogP contribution is -2.37. The second-order valence-corrected chi connectivity index (χ2v) is 5.33. The van der Waals surface area contributed by atoms with Crippen LogP contribution in [-0.2, 0) is 0 Å². The molecule has 0 radical (unpaired) electrons. The van der Waals surface area contributed by atoms with Gasteiger partial charge in [0.1, 0.15) is 0 Å². The highest BCUT2D eigenvalue weighted by molar-refractivity contribution is 4.74. The molecule has 0 aliphatic rings. The van der Waals surface area contributed by atoms with Crippen LogP contribution in [0.25, 0.3) is 0 Å². The minimum absolute atomic E-state index is 0.370. The number of hydrogen-bond donors (Lipinski definition) is 5. The van der Waals surface area contributed by atoms with E-state index in [1.807, 2.05) is 0 Å². The average Bonchev–Trinajstić information content (AvgIpc) is 2.50. The molecule has 0 heterocycles. The molecule has 0 atom stereocenters. The monoisotopic (exact) mass is 294 g/mol. The Balaban J connectivity index is 0. The maximum Gasteiger partial charge on any atom is 0.0627 e. The van der Waals surface area contributed by atoms with Crippen molar-refractivity contribution in [3.63, 3.8) is 0 Å². The Morgan fingerprint density at radius 1 is 0.550 bits per heavy atom. The zero-order valence-corrected chi connectivity index (χ0v) is 12.9. The van der Waals surface area contributed by atoms with Gasteiger partial charge in [0.15, 0.2) is 0 Å². The molecule has 0 bridgehead atoms. The van der Waals surface area contributed by atoms with Crippen LogP contribution in [0.1, 0.15) is 58.3 Å². The number of aliphatic hydroxyl groups is 5. The summed E-state index contributed by atoms with van der Waals surface area (Å²) in [4.78, 5) is 0. The van der Waals surface area contributed by atoms with Gasteiger partial charge in [-0.2, -0.15) is 0 Å². The van der Waals surface area contributed by atoms with Gasteiger partial charge in [-0.05, 0) is 6.42 Å². The molecule has 0 aromatic rings. The normalized spacial score (nSPS) is 11.1. The van der Waals surface area contributed by atoms with Crippen LogP contribution in [0.5, 0.6) is 0 Å². The molecule has 0 fully saturated rings. The first-order chi connectivity index (χ1) is 9.66. The molecule has 5 N–H and O–H groups in total. The summed E-state index contributed by atoms with van der Waals surface area (Å²) in [7, 11) is 0. The summed E-state index contributed by atoms with van der Waals surface area (Å²) in [6.07, 6.45) is 10.4. The lowest BCUT2D eigenvalue weighted by Gasteiger charge is -2.23. The molecule has 0 saturated carbocycles. The van der Waals surface area contributed by atoms with E-state index in [0.717, 1.165) is 6.42 Å². The van der Waals surface area contributed by atoms with Gasteiger partial charge in [-0.15, -0.1) is 0 Å². The van der Waals surface area contributed by atoms with E-state index in [4.69, 9.17) is 25.5 Å². The van der Waals surface area contributed by atoms with E-state index >= 15 is 0 Å². The van der Waals surface area contributed by atoms with E-state index in [9.17, 15) is 0 Å². The van der Waals surface area contributed by atoms with Crippen LogP contribution < -0.4 is 0 Å². The summed E-state index contributed by atoms with van der Waals surface area (Å²) >= 11 is 0. The highest BCUT2D eigenvalue weighted by Crippen LogP contribution is 2.11. The summed E-state index contributed by atoms with van der Waals surface area (Å²) in [6, 6.07) is 0. The Morgan fingerprint density at radius 2 is 0.900 bits per heavy atom. The van der Waals surface area contributed by atoms with Crippen molar-refractivity contribution in [2.45, 2.75) is 58.3 Å². The van der Waals surface area contributed by atoms with Crippen LogP contribution >= 0.6 is 0 Å². The number of aliphatic hydroxyl groups excluding tert-OH is 5. The first-order valence-corrected chi connectivity index (χ1v) is 7.70. The lowest BCUT2D eigenvalue weighted by atomic mass is 9.93. The number of hydrogen-bond acceptors (Lipinski definition) is 5. The third-order valence-corrected chi connectivity index (χ3v) is 3.35. The Morgan fingerprint density at radius 3 is 1.15 bits per heavy atom. The van der Waals surface area contributed by atoms with Crippen LogP contribution in [0.3, 0.4) is 0 Å². The zero-order chi connectivity index (χ0) is 15.7. The van der Waals surface area contributed by atoms with E-state index in [1.165, 1.54) is 44.9 Å². The van der Waals surface area contributed by atoms with Crippen molar-refractivity contribution in [3.8, 4) is 0 Å². The minimum Gasteiger partial charge on any atom is -0.396 e. The highest BCUT2D eigenvalue weighted by atomic mass is 16.3. The Hall–Kier alpha value is -0.200. The van der Waals surface area contributed by atoms with Crippen molar-refractivity contribution in [1.29, 1.82) is 0 Å². The first-order valence-electron chi connectivity index (χ1n) is 7.70. The van der Waals surface area contributed by atoms with Crippen molar-refractivity contribution in [1.82, 2.24) is 0 Å². The van der Waals surface area contributed by atoms with Gasteiger partial charge in [-0.1, -0.05) is 51.9 Å². The summed E-state index contributed by atoms with van der Waals surface area (Å²) in [6.45, 7) is 0.987. The quantitative estimate of drug-likeness (QED) is 0.347. The SMILES string of the molecule is CCCCCCCCCCO.OCC(CO)(CO)CO. The van der Waals surface area contributed by atoms with E-state index < -0.39 is 31.8 Å². The standard InChI is InChI=1S/C10H22O.C5H12O4/c1-2-3-4-5-6-7-8-9-10-11;6-1-5(2-7,3-8)4-9/h11H,2-10H2,1H3;6-9H,1-4H2. The maximum atomic E-state index is 8.51. The summed E-state index contributed by atoms with van der Waals surface area (Å²) in [5.41, 5.74) is -1.11. The molecule has 0 amide bonds. The van der Waals surface area contributed by atoms with E-state index in [0.29, 0.717) is 6.61 Å². The largest absolute Gasteiger partial charge is 0.396 e. The third-order valence-electron chi connectivity index (χ3n) is 3.35. The summed E-state index contributed by atoms with van der Waals surface area (Å²) in [5, 5.41) is 42.5. The molecular weight excluding hydrogens is 260 g/mol. The molecular formula is C15H34O5. The minimum atomic E-state index is -1.11. The lowest BCUT2D eigenvalue weighted by molar-refractivity contribution is -0.0328. The third kappa shape index (κ3) is 12.8. The zero-order valence-electron chi connectivity index (χ0n) is 12.9. The first kappa shape index (κ1) is 22.1. The fraction of sp³-hybridized carbons (Fsp3) is 1.00. The maximum absolute atomic E-state index is 8.51. The average molecular weight is 294 g/mol. The van der Waals surface area contributed by atoms with Gasteiger partial charge in [0, 0.05) is 6.61 Å². The van der Waals surface area contributed by atoms with Crippen LogP contribution in [0.15, 0.2) is 0 Å². The van der Waals surface area contributed by atoms with Crippen molar-refractivity contribution in [3.05, 3.63) is 0 Å². The molecule has 0 unspecified atom stereocenters. The summed E-state index contributed by atoms with van der Waals surface area (Å²) in [5.74, 6) is 0. The van der Waals surface area contributed by atoms with Crippen LogP contribution in [0.2, 0.25) is 0 Å². The molecule has 5 heteroatoms. The fourth-order valence-corrected chi connectivity index (χ4v) is 1.55. The number of unbranched alkanes of at least 4 members (excludes halogenated alkanes) is 7. The molecule has 0 saturated heterocycles. The van der Waals surface area contributed by atoms with E-state index in [1.54, 1.807) is 0 Å². The topological polar surface area (TPSA) is 101 Å². The molecule has 0 aliphatic heterocycles. The molecule has 0 rings (SSSR count). The Labute approximate surface area is 123 Å². The van der Waals surface area contributed by atoms with Crippen LogP contribution in [0.4, 0.5) is 0 Å². The second-order valence-electron chi connectivity index (χ2n) is 5.33. The fourth-order valence-electron chi connectivity index (χ4n) is 1.55. The van der Waals surface area contributed by atoms with Gasteiger partial charge in [0.2, 0.25) is 0 Å². The van der Waals surface area contributed by atoms with Crippen molar-refractivity contribution in [2.24, 2.45) is 5.41 Å². The van der Waals surface area contributed by atoms with Gasteiger partial charge in [-0.25, -0.2) is 0 Å². The molecule has 0 aromatic carbocycles.